The minimum Gasteiger partial charge on any atom is -0.477 e. The van der Waals surface area contributed by atoms with Gasteiger partial charge in [0.2, 0.25) is 17.7 Å². The number of rotatable bonds is 26. The van der Waals surface area contributed by atoms with E-state index in [1.165, 1.54) is 0 Å². The van der Waals surface area contributed by atoms with Crippen LogP contribution in [-0.4, -0.2) is 414 Å². The topological polar surface area (TPSA) is 690 Å². The zero-order valence-electron chi connectivity index (χ0n) is 49.8. The quantitative estimate of drug-likeness (QED) is 0.0382. The molecule has 94 heavy (non-hydrogen) atoms. The number of hydrogen-bond donors (Lipinski definition) is 26. The molecule has 7 saturated heterocycles. The van der Waals surface area contributed by atoms with Crippen molar-refractivity contribution in [2.45, 2.75) is 241 Å². The molecule has 0 radical (unpaired) electrons. The number of nitrogens with one attached hydrogen (secondary N) is 3. The van der Waals surface area contributed by atoms with E-state index in [1.807, 2.05) is 0 Å². The first kappa shape index (κ1) is 77.8. The molecule has 0 aliphatic carbocycles. The first-order chi connectivity index (χ1) is 44.4. The Morgan fingerprint density at radius 1 is 0.436 bits per heavy atom. The van der Waals surface area contributed by atoms with Crippen molar-refractivity contribution < 1.29 is 198 Å². The minimum atomic E-state index is -3.29. The number of carboxylic acids is 1. The van der Waals surface area contributed by atoms with Crippen LogP contribution in [0.25, 0.3) is 0 Å². The summed E-state index contributed by atoms with van der Waals surface area (Å²) in [7, 11) is 0. The summed E-state index contributed by atoms with van der Waals surface area (Å²) in [4.78, 5) is 50.8. The van der Waals surface area contributed by atoms with Crippen LogP contribution in [0, 0.1) is 0 Å². The van der Waals surface area contributed by atoms with Crippen molar-refractivity contribution in [1.82, 2.24) is 16.0 Å². The molecule has 7 heterocycles. The zero-order chi connectivity index (χ0) is 69.7. The first-order valence-corrected chi connectivity index (χ1v) is 29.4. The van der Waals surface area contributed by atoms with E-state index in [1.54, 1.807) is 0 Å². The van der Waals surface area contributed by atoms with Crippen LogP contribution in [0.1, 0.15) is 20.3 Å². The maximum absolute atomic E-state index is 13.1. The van der Waals surface area contributed by atoms with Gasteiger partial charge in [-0.15, -0.1) is 0 Å². The number of hydrogen-bond acceptors (Lipinski definition) is 39. The Balaban J connectivity index is 1.10. The van der Waals surface area contributed by atoms with E-state index in [2.05, 4.69) is 16.0 Å². The maximum atomic E-state index is 13.1. The zero-order valence-corrected chi connectivity index (χ0v) is 49.8. The van der Waals surface area contributed by atoms with Gasteiger partial charge < -0.3 is 195 Å². The number of aliphatic hydroxyl groups is 22. The number of ether oxygens (including phenoxy) is 13. The van der Waals surface area contributed by atoms with Gasteiger partial charge in [0, 0.05) is 20.3 Å². The molecule has 0 bridgehead atoms. The maximum Gasteiger partial charge on any atom is 0.364 e. The summed E-state index contributed by atoms with van der Waals surface area (Å²) in [6.07, 6.45) is -67.9. The SMILES string of the molecule is CC(=O)N[C@H]1[C@H](O[C@H]2[C@@H](O)[C@@H](CO)O[C@@H](O[C@H]3[C@H](O)[C@@H](O)[C@H](O)O[C@@H]3CO)[C@@H]2O)O[C@H](CO)[C@@H](O[C@@H]2O[C@H](CO)[C@H](O)[C@H](O[C@@H]3O[C@H](CO)[C@@H](O[C@@H]4O[C@H](CO)[C@H](O)[C@H](O[C@]5(C(=O)O)C[C@H](O)[C@@H](NC(=O)CO)[C@H]([C@H](O)[C@H](O)CO)O5)[C@H]4O)[C@H](O)[C@H]3NC(C)=O)[C@H]2O)[C@@H]1O. The van der Waals surface area contributed by atoms with Gasteiger partial charge in [0.25, 0.3) is 5.79 Å². The van der Waals surface area contributed by atoms with Gasteiger partial charge in [-0.3, -0.25) is 14.4 Å². The number of aliphatic hydroxyl groups excluding tert-OH is 22. The standard InChI is InChI=1S/C51H85N3O40/c1-12(63)52-24-30(72)37(20(9-60)86-45(24)92-42-28(70)17(6-57)84-48(35(42)77)90-39-19(8-59)82-44(79)33(75)32(39)74)88-47-34(76)41(27(69)16(5-56)83-47)91-46-25(53-13(2)64)31(73)38(21(10-61)87-46)89-49-36(78)43(29(71)18(7-58)85-49)94-51(50(80)81)3-14(65)23(54-22(67)11-62)40(93-51)26(68)15(66)4-55/h14-21,23-49,55-62,65-66,68-79H,3-11H2,1-2H3,(H,52,63)(H,53,64)(H,54,67)(H,80,81)/t14-,15+,16+,17+,18+,19+,20+,21+,23+,24+,25+,26+,27-,28-,29-,30+,31+,32+,33+,34+,35+,36+,37+,38+,39+,40+,41-,42-,43-,44+,45-,46-,47-,48-,49-,51-/m0/s1. The molecule has 26 N–H and O–H groups in total. The van der Waals surface area contributed by atoms with Gasteiger partial charge in [0.1, 0.15) is 171 Å². The second kappa shape index (κ2) is 33.6. The lowest BCUT2D eigenvalue weighted by Gasteiger charge is -2.51. The molecular formula is C51H85N3O40. The molecule has 0 saturated carbocycles. The lowest BCUT2D eigenvalue weighted by molar-refractivity contribution is -0.391. The van der Waals surface area contributed by atoms with E-state index in [-0.39, 0.29) is 0 Å². The summed E-state index contributed by atoms with van der Waals surface area (Å²) in [5.74, 6) is -8.52. The molecule has 43 heteroatoms. The van der Waals surface area contributed by atoms with Crippen molar-refractivity contribution in [2.24, 2.45) is 0 Å². The van der Waals surface area contributed by atoms with Crippen molar-refractivity contribution in [1.29, 1.82) is 0 Å². The number of carbonyl (C=O) groups excluding carboxylic acids is 3. The number of aliphatic carboxylic acids is 1. The lowest BCUT2D eigenvalue weighted by atomic mass is 9.88. The molecule has 0 aromatic rings. The summed E-state index contributed by atoms with van der Waals surface area (Å²) in [5, 5.41) is 255. The van der Waals surface area contributed by atoms with E-state index >= 15 is 0 Å². The fraction of sp³-hybridized carbons (Fsp3) is 0.922. The van der Waals surface area contributed by atoms with Crippen molar-refractivity contribution in [2.75, 3.05) is 52.9 Å². The molecule has 7 aliphatic rings. The number of carbonyl (C=O) groups is 4. The molecule has 0 unspecified atom stereocenters. The molecule has 3 amide bonds. The fourth-order valence-corrected chi connectivity index (χ4v) is 11.9. The normalized spacial score (nSPS) is 46.8. The second-order valence-electron chi connectivity index (χ2n) is 23.2. The highest BCUT2D eigenvalue weighted by Gasteiger charge is 2.62. The molecule has 0 spiro atoms. The van der Waals surface area contributed by atoms with Crippen LogP contribution < -0.4 is 16.0 Å². The summed E-state index contributed by atoms with van der Waals surface area (Å²) in [6, 6.07) is -5.68. The largest absolute Gasteiger partial charge is 0.477 e. The van der Waals surface area contributed by atoms with E-state index in [9.17, 15) is 137 Å². The highest BCUT2D eigenvalue weighted by atomic mass is 16.8. The summed E-state index contributed by atoms with van der Waals surface area (Å²) < 4.78 is 74.4. The van der Waals surface area contributed by atoms with Gasteiger partial charge in [0.05, 0.1) is 58.4 Å². The number of amides is 3. The van der Waals surface area contributed by atoms with Crippen LogP contribution in [0.15, 0.2) is 0 Å². The monoisotopic (exact) mass is 1380 g/mol. The van der Waals surface area contributed by atoms with E-state index in [0.29, 0.717) is 0 Å². The summed E-state index contributed by atoms with van der Waals surface area (Å²) in [6.45, 7) is -7.13. The Bertz CT molecular complexity index is 2430. The number of carboxylic acid groups (broad SMARTS) is 1. The molecule has 544 valence electrons. The third kappa shape index (κ3) is 16.7. The van der Waals surface area contributed by atoms with Gasteiger partial charge in [0.15, 0.2) is 37.7 Å². The average Bonchev–Trinajstić information content (AvgIpc) is 0.765. The summed E-state index contributed by atoms with van der Waals surface area (Å²) in [5.41, 5.74) is 0. The fourth-order valence-electron chi connectivity index (χ4n) is 11.9. The minimum absolute atomic E-state index is 0.914. The van der Waals surface area contributed by atoms with Crippen LogP contribution in [0.4, 0.5) is 0 Å². The van der Waals surface area contributed by atoms with Crippen LogP contribution in [-0.2, 0) is 80.8 Å². The molecular weight excluding hydrogens is 1290 g/mol. The first-order valence-electron chi connectivity index (χ1n) is 29.4. The Morgan fingerprint density at radius 3 is 1.17 bits per heavy atom. The lowest BCUT2D eigenvalue weighted by Crippen LogP contribution is -2.71. The van der Waals surface area contributed by atoms with Crippen molar-refractivity contribution in [3.8, 4) is 0 Å². The Labute approximate surface area is 530 Å². The Hall–Kier alpha value is -3.52. The predicted molar refractivity (Wildman–Crippen MR) is 285 cm³/mol. The van der Waals surface area contributed by atoms with E-state index in [0.717, 1.165) is 13.8 Å². The van der Waals surface area contributed by atoms with Crippen LogP contribution in [0.2, 0.25) is 0 Å². The van der Waals surface area contributed by atoms with Crippen LogP contribution in [0.3, 0.4) is 0 Å². The Kier molecular flexibility index (Phi) is 27.8. The molecule has 0 aromatic carbocycles. The van der Waals surface area contributed by atoms with Gasteiger partial charge in [-0.2, -0.15) is 0 Å². The van der Waals surface area contributed by atoms with Gasteiger partial charge in [-0.05, 0) is 0 Å². The molecule has 7 aliphatic heterocycles. The second-order valence-corrected chi connectivity index (χ2v) is 23.2. The highest BCUT2D eigenvalue weighted by molar-refractivity contribution is 5.78. The van der Waals surface area contributed by atoms with Gasteiger partial charge in [-0.1, -0.05) is 0 Å². The predicted octanol–water partition coefficient (Wildman–Crippen LogP) is -17.7. The third-order valence-electron chi connectivity index (χ3n) is 16.8. The van der Waals surface area contributed by atoms with Crippen molar-refractivity contribution in [3.05, 3.63) is 0 Å². The van der Waals surface area contributed by atoms with Crippen molar-refractivity contribution in [3.63, 3.8) is 0 Å². The molecule has 0 aromatic heterocycles. The molecule has 43 nitrogen and oxygen atoms in total. The molecule has 36 atom stereocenters. The van der Waals surface area contributed by atoms with Crippen molar-refractivity contribution >= 4 is 23.7 Å². The van der Waals surface area contributed by atoms with Crippen LogP contribution >= 0.6 is 0 Å². The molecule has 7 fully saturated rings. The smallest absolute Gasteiger partial charge is 0.364 e. The van der Waals surface area contributed by atoms with E-state index < -0.39 is 303 Å². The van der Waals surface area contributed by atoms with Gasteiger partial charge in [-0.25, -0.2) is 4.79 Å². The highest BCUT2D eigenvalue weighted by Crippen LogP contribution is 2.41. The average molecular weight is 1380 g/mol. The molecule has 7 rings (SSSR count). The van der Waals surface area contributed by atoms with Gasteiger partial charge >= 0.3 is 5.97 Å². The Morgan fingerprint density at radius 2 is 0.798 bits per heavy atom. The third-order valence-corrected chi connectivity index (χ3v) is 16.8. The summed E-state index contributed by atoms with van der Waals surface area (Å²) >= 11 is 0. The van der Waals surface area contributed by atoms with E-state index in [4.69, 9.17) is 61.6 Å². The van der Waals surface area contributed by atoms with Crippen LogP contribution in [0.5, 0.6) is 0 Å².